The van der Waals surface area contributed by atoms with E-state index < -0.39 is 0 Å². The van der Waals surface area contributed by atoms with E-state index >= 15 is 0 Å². The van der Waals surface area contributed by atoms with Crippen LogP contribution in [0.2, 0.25) is 0 Å². The van der Waals surface area contributed by atoms with E-state index in [-0.39, 0.29) is 6.04 Å². The van der Waals surface area contributed by atoms with Crippen LogP contribution in [0.25, 0.3) is 0 Å². The second-order valence-electron chi connectivity index (χ2n) is 6.14. The van der Waals surface area contributed by atoms with Gasteiger partial charge >= 0.3 is 0 Å². The Morgan fingerprint density at radius 2 is 1.90 bits per heavy atom. The van der Waals surface area contributed by atoms with Crippen LogP contribution in [0.4, 0.5) is 5.69 Å². The molecule has 1 aromatic rings. The van der Waals surface area contributed by atoms with Crippen LogP contribution in [0.5, 0.6) is 0 Å². The molecular formula is C18H31BrN2. The topological polar surface area (TPSA) is 29.3 Å². The first kappa shape index (κ1) is 18.5. The molecule has 0 saturated carbocycles. The normalized spacial score (nSPS) is 12.7. The number of unbranched alkanes of at least 4 members (excludes halogenated alkanes) is 2. The summed E-state index contributed by atoms with van der Waals surface area (Å²) in [6.45, 7) is 10.1. The number of rotatable bonds is 9. The van der Waals surface area contributed by atoms with Crippen LogP contribution in [0.15, 0.2) is 22.7 Å². The average Bonchev–Trinajstić information content (AvgIpc) is 2.44. The molecule has 1 unspecified atom stereocenters. The number of nitrogens with zero attached hydrogens (tertiary/aromatic N) is 1. The SMILES string of the molecule is CCCCCN(c1ccc(Br)cc1CC(N)CC)C(C)C. The predicted octanol–water partition coefficient (Wildman–Crippen LogP) is 5.13. The molecule has 1 atom stereocenters. The fraction of sp³-hybridized carbons (Fsp3) is 0.667. The highest BCUT2D eigenvalue weighted by atomic mass is 79.9. The molecule has 0 aliphatic rings. The van der Waals surface area contributed by atoms with Crippen molar-refractivity contribution in [3.05, 3.63) is 28.2 Å². The van der Waals surface area contributed by atoms with Crippen molar-refractivity contribution in [2.45, 2.75) is 71.9 Å². The molecule has 0 aromatic heterocycles. The molecule has 0 amide bonds. The predicted molar refractivity (Wildman–Crippen MR) is 98.1 cm³/mol. The first-order valence-corrected chi connectivity index (χ1v) is 9.09. The molecule has 0 heterocycles. The van der Waals surface area contributed by atoms with Crippen molar-refractivity contribution < 1.29 is 0 Å². The third-order valence-corrected chi connectivity index (χ3v) is 4.48. The van der Waals surface area contributed by atoms with Crippen LogP contribution in [0.3, 0.4) is 0 Å². The summed E-state index contributed by atoms with van der Waals surface area (Å²) in [5, 5.41) is 0. The van der Waals surface area contributed by atoms with Gasteiger partial charge < -0.3 is 10.6 Å². The van der Waals surface area contributed by atoms with E-state index in [1.165, 1.54) is 30.5 Å². The van der Waals surface area contributed by atoms with Crippen LogP contribution >= 0.6 is 15.9 Å². The zero-order valence-corrected chi connectivity index (χ0v) is 15.6. The van der Waals surface area contributed by atoms with Crippen LogP contribution in [-0.4, -0.2) is 18.6 Å². The Balaban J connectivity index is 2.99. The summed E-state index contributed by atoms with van der Waals surface area (Å²) in [6, 6.07) is 7.38. The third-order valence-electron chi connectivity index (χ3n) is 3.98. The van der Waals surface area contributed by atoms with E-state index in [1.54, 1.807) is 0 Å². The van der Waals surface area contributed by atoms with Crippen LogP contribution in [-0.2, 0) is 6.42 Å². The number of hydrogen-bond acceptors (Lipinski definition) is 2. The monoisotopic (exact) mass is 354 g/mol. The molecule has 0 spiro atoms. The Bertz CT molecular complexity index is 418. The maximum absolute atomic E-state index is 6.19. The van der Waals surface area contributed by atoms with Gasteiger partial charge in [-0.2, -0.15) is 0 Å². The average molecular weight is 355 g/mol. The lowest BCUT2D eigenvalue weighted by Crippen LogP contribution is -2.33. The van der Waals surface area contributed by atoms with Crippen LogP contribution in [0.1, 0.15) is 58.9 Å². The summed E-state index contributed by atoms with van der Waals surface area (Å²) < 4.78 is 1.14. The number of hydrogen-bond donors (Lipinski definition) is 1. The largest absolute Gasteiger partial charge is 0.369 e. The first-order valence-electron chi connectivity index (χ1n) is 8.30. The van der Waals surface area contributed by atoms with Gasteiger partial charge in [0.15, 0.2) is 0 Å². The molecule has 0 bridgehead atoms. The van der Waals surface area contributed by atoms with Crippen LogP contribution in [0, 0.1) is 0 Å². The van der Waals surface area contributed by atoms with Gasteiger partial charge in [0.2, 0.25) is 0 Å². The Kier molecular flexibility index (Phi) is 8.35. The minimum absolute atomic E-state index is 0.239. The van der Waals surface area contributed by atoms with E-state index in [9.17, 15) is 0 Å². The quantitative estimate of drug-likeness (QED) is 0.622. The van der Waals surface area contributed by atoms with Gasteiger partial charge in [-0.3, -0.25) is 0 Å². The van der Waals surface area contributed by atoms with Crippen molar-refractivity contribution in [2.75, 3.05) is 11.4 Å². The summed E-state index contributed by atoms with van der Waals surface area (Å²) in [6.07, 6.45) is 5.78. The van der Waals surface area contributed by atoms with Gasteiger partial charge in [-0.15, -0.1) is 0 Å². The summed E-state index contributed by atoms with van der Waals surface area (Å²) in [5.41, 5.74) is 8.91. The molecule has 2 N–H and O–H groups in total. The van der Waals surface area contributed by atoms with E-state index in [0.29, 0.717) is 6.04 Å². The maximum Gasteiger partial charge on any atom is 0.0402 e. The van der Waals surface area contributed by atoms with Crippen molar-refractivity contribution in [3.63, 3.8) is 0 Å². The molecule has 120 valence electrons. The number of benzene rings is 1. The molecule has 1 rings (SSSR count). The Hall–Kier alpha value is -0.540. The van der Waals surface area contributed by atoms with Gasteiger partial charge in [0.05, 0.1) is 0 Å². The summed E-state index contributed by atoms with van der Waals surface area (Å²) in [5.74, 6) is 0. The molecule has 21 heavy (non-hydrogen) atoms. The molecule has 2 nitrogen and oxygen atoms in total. The van der Waals surface area contributed by atoms with Crippen molar-refractivity contribution in [2.24, 2.45) is 5.73 Å². The summed E-state index contributed by atoms with van der Waals surface area (Å²) >= 11 is 3.60. The minimum atomic E-state index is 0.239. The lowest BCUT2D eigenvalue weighted by atomic mass is 10.0. The molecule has 0 aliphatic heterocycles. The number of halogens is 1. The Morgan fingerprint density at radius 1 is 1.19 bits per heavy atom. The molecule has 3 heteroatoms. The molecule has 0 radical (unpaired) electrons. The van der Waals surface area contributed by atoms with E-state index in [1.807, 2.05) is 0 Å². The first-order chi connectivity index (χ1) is 9.99. The van der Waals surface area contributed by atoms with Crippen molar-refractivity contribution >= 4 is 21.6 Å². The zero-order chi connectivity index (χ0) is 15.8. The molecule has 0 fully saturated rings. The molecule has 1 aromatic carbocycles. The molecular weight excluding hydrogens is 324 g/mol. The van der Waals surface area contributed by atoms with E-state index in [2.05, 4.69) is 66.7 Å². The maximum atomic E-state index is 6.19. The second-order valence-corrected chi connectivity index (χ2v) is 7.06. The van der Waals surface area contributed by atoms with Gasteiger partial charge in [0, 0.05) is 28.8 Å². The van der Waals surface area contributed by atoms with Crippen molar-refractivity contribution in [3.8, 4) is 0 Å². The van der Waals surface area contributed by atoms with Gasteiger partial charge in [0.1, 0.15) is 0 Å². The standard InChI is InChI=1S/C18H31BrN2/c1-5-7-8-11-21(14(3)4)18-10-9-16(19)12-15(18)13-17(20)6-2/h9-10,12,14,17H,5-8,11,13,20H2,1-4H3. The Labute approximate surface area is 139 Å². The fourth-order valence-electron chi connectivity index (χ4n) is 2.61. The number of nitrogens with two attached hydrogens (primary N) is 1. The zero-order valence-electron chi connectivity index (χ0n) is 14.0. The lowest BCUT2D eigenvalue weighted by Gasteiger charge is -2.32. The van der Waals surface area contributed by atoms with Gasteiger partial charge in [-0.25, -0.2) is 0 Å². The van der Waals surface area contributed by atoms with Gasteiger partial charge in [-0.05, 0) is 56.9 Å². The Morgan fingerprint density at radius 3 is 2.48 bits per heavy atom. The number of anilines is 1. The van der Waals surface area contributed by atoms with Crippen molar-refractivity contribution in [1.82, 2.24) is 0 Å². The third kappa shape index (κ3) is 5.99. The highest BCUT2D eigenvalue weighted by molar-refractivity contribution is 9.10. The van der Waals surface area contributed by atoms with E-state index in [0.717, 1.165) is 23.9 Å². The highest BCUT2D eigenvalue weighted by Gasteiger charge is 2.16. The molecule has 0 saturated heterocycles. The highest BCUT2D eigenvalue weighted by Crippen LogP contribution is 2.28. The van der Waals surface area contributed by atoms with Gasteiger partial charge in [-0.1, -0.05) is 42.6 Å². The van der Waals surface area contributed by atoms with Crippen LogP contribution < -0.4 is 10.6 Å². The second kappa shape index (κ2) is 9.47. The van der Waals surface area contributed by atoms with Gasteiger partial charge in [0.25, 0.3) is 0 Å². The van der Waals surface area contributed by atoms with E-state index in [4.69, 9.17) is 5.73 Å². The lowest BCUT2D eigenvalue weighted by molar-refractivity contribution is 0.613. The summed E-state index contributed by atoms with van der Waals surface area (Å²) in [7, 11) is 0. The summed E-state index contributed by atoms with van der Waals surface area (Å²) in [4.78, 5) is 2.53. The van der Waals surface area contributed by atoms with Crippen molar-refractivity contribution in [1.29, 1.82) is 0 Å². The fourth-order valence-corrected chi connectivity index (χ4v) is 3.02. The molecule has 0 aliphatic carbocycles. The minimum Gasteiger partial charge on any atom is -0.369 e. The smallest absolute Gasteiger partial charge is 0.0402 e.